The van der Waals surface area contributed by atoms with Gasteiger partial charge in [0, 0.05) is 29.8 Å². The van der Waals surface area contributed by atoms with E-state index in [9.17, 15) is 18.0 Å². The lowest BCUT2D eigenvalue weighted by Crippen LogP contribution is -2.39. The van der Waals surface area contributed by atoms with Gasteiger partial charge in [-0.05, 0) is 6.07 Å². The summed E-state index contributed by atoms with van der Waals surface area (Å²) >= 11 is 0. The minimum atomic E-state index is -4.60. The molecule has 0 spiro atoms. The number of Topliss-reactive ketones (excluding diaryl/α,β-unsaturated/α-hetero) is 1. The molecule has 0 bridgehead atoms. The van der Waals surface area contributed by atoms with Crippen LogP contribution in [0.15, 0.2) is 64.2 Å². The molecule has 30 heavy (non-hydrogen) atoms. The summed E-state index contributed by atoms with van der Waals surface area (Å²) in [5, 5.41) is 0. The quantitative estimate of drug-likeness (QED) is 0.717. The van der Waals surface area contributed by atoms with Gasteiger partial charge in [0.1, 0.15) is 11.4 Å². The van der Waals surface area contributed by atoms with Gasteiger partial charge >= 0.3 is 6.18 Å². The van der Waals surface area contributed by atoms with E-state index < -0.39 is 17.5 Å². The number of hydrogen-bond acceptors (Lipinski definition) is 5. The number of allylic oxidation sites excluding steroid dienone is 2. The van der Waals surface area contributed by atoms with Crippen LogP contribution in [-0.4, -0.2) is 48.7 Å². The summed E-state index contributed by atoms with van der Waals surface area (Å²) in [4.78, 5) is 24.4. The van der Waals surface area contributed by atoms with Crippen molar-refractivity contribution in [3.8, 4) is 0 Å². The van der Waals surface area contributed by atoms with Gasteiger partial charge in [0.15, 0.2) is 5.78 Å². The summed E-state index contributed by atoms with van der Waals surface area (Å²) in [6.45, 7) is 2.18. The molecule has 0 N–H and O–H groups in total. The SMILES string of the molecule is O=C1C(c2ccccc2C(F)(F)F)=C2N=C(N3CCOCC3)N=C2c2ccccc21. The van der Waals surface area contributed by atoms with Crippen LogP contribution in [0.1, 0.15) is 27.0 Å². The van der Waals surface area contributed by atoms with Crippen molar-refractivity contribution in [2.75, 3.05) is 26.3 Å². The number of ketones is 1. The zero-order chi connectivity index (χ0) is 20.9. The summed E-state index contributed by atoms with van der Waals surface area (Å²) in [5.74, 6) is -0.0852. The number of carbonyl (C=O) groups excluding carboxylic acids is 1. The topological polar surface area (TPSA) is 54.3 Å². The summed E-state index contributed by atoms with van der Waals surface area (Å²) in [5.41, 5.74) is 0.413. The lowest BCUT2D eigenvalue weighted by Gasteiger charge is -2.26. The Hall–Kier alpha value is -3.26. The van der Waals surface area contributed by atoms with Gasteiger partial charge in [-0.3, -0.25) is 4.79 Å². The Morgan fingerprint density at radius 3 is 2.20 bits per heavy atom. The fourth-order valence-corrected chi connectivity index (χ4v) is 3.93. The largest absolute Gasteiger partial charge is 0.417 e. The van der Waals surface area contributed by atoms with E-state index in [0.29, 0.717) is 49.1 Å². The monoisotopic (exact) mass is 411 g/mol. The maximum Gasteiger partial charge on any atom is 0.417 e. The lowest BCUT2D eigenvalue weighted by molar-refractivity contribution is -0.137. The average Bonchev–Trinajstić information content (AvgIpc) is 3.19. The van der Waals surface area contributed by atoms with E-state index in [1.54, 1.807) is 24.3 Å². The molecule has 1 saturated heterocycles. The van der Waals surface area contributed by atoms with Crippen LogP contribution in [0.5, 0.6) is 0 Å². The highest BCUT2D eigenvalue weighted by Gasteiger charge is 2.40. The third kappa shape index (κ3) is 2.95. The zero-order valence-electron chi connectivity index (χ0n) is 15.7. The van der Waals surface area contributed by atoms with Crippen molar-refractivity contribution in [1.29, 1.82) is 0 Å². The number of morpholine rings is 1. The molecule has 0 amide bonds. The molecule has 8 heteroatoms. The number of carbonyl (C=O) groups is 1. The average molecular weight is 411 g/mol. The Labute approximate surface area is 170 Å². The van der Waals surface area contributed by atoms with Crippen LogP contribution in [0.25, 0.3) is 5.57 Å². The van der Waals surface area contributed by atoms with Crippen LogP contribution in [0.3, 0.4) is 0 Å². The van der Waals surface area contributed by atoms with Crippen molar-refractivity contribution in [3.05, 3.63) is 76.5 Å². The van der Waals surface area contributed by atoms with Gasteiger partial charge in [-0.15, -0.1) is 0 Å². The van der Waals surface area contributed by atoms with E-state index in [1.165, 1.54) is 18.2 Å². The molecule has 5 rings (SSSR count). The predicted molar refractivity (Wildman–Crippen MR) is 106 cm³/mol. The van der Waals surface area contributed by atoms with Crippen molar-refractivity contribution in [1.82, 2.24) is 4.90 Å². The Morgan fingerprint density at radius 2 is 1.50 bits per heavy atom. The van der Waals surface area contributed by atoms with Crippen LogP contribution in [-0.2, 0) is 10.9 Å². The first-order chi connectivity index (χ1) is 14.4. The fraction of sp³-hybridized carbons (Fsp3) is 0.227. The lowest BCUT2D eigenvalue weighted by atomic mass is 9.82. The molecule has 2 aromatic rings. The summed E-state index contributed by atoms with van der Waals surface area (Å²) < 4.78 is 46.5. The molecule has 2 aliphatic heterocycles. The molecule has 1 fully saturated rings. The highest BCUT2D eigenvalue weighted by Crippen LogP contribution is 2.41. The van der Waals surface area contributed by atoms with Gasteiger partial charge in [-0.2, -0.15) is 13.2 Å². The summed E-state index contributed by atoms with van der Waals surface area (Å²) in [7, 11) is 0. The predicted octanol–water partition coefficient (Wildman–Crippen LogP) is 3.80. The first-order valence-corrected chi connectivity index (χ1v) is 9.50. The smallest absolute Gasteiger partial charge is 0.378 e. The third-order valence-corrected chi connectivity index (χ3v) is 5.33. The Bertz CT molecular complexity index is 1140. The van der Waals surface area contributed by atoms with Crippen LogP contribution < -0.4 is 0 Å². The van der Waals surface area contributed by atoms with E-state index in [2.05, 4.69) is 9.98 Å². The number of benzene rings is 2. The molecule has 2 heterocycles. The molecule has 5 nitrogen and oxygen atoms in total. The van der Waals surface area contributed by atoms with Crippen molar-refractivity contribution in [3.63, 3.8) is 0 Å². The standard InChI is InChI=1S/C22H16F3N3O2/c23-22(24,25)16-8-4-3-7-15(16)17-19-18(13-5-1-2-6-14(13)20(17)29)26-21(27-19)28-9-11-30-12-10-28/h1-8H,9-12H2. The van der Waals surface area contributed by atoms with Crippen LogP contribution in [0, 0.1) is 0 Å². The number of alkyl halides is 3. The molecule has 0 aromatic heterocycles. The van der Waals surface area contributed by atoms with Gasteiger partial charge in [-0.25, -0.2) is 9.98 Å². The minimum absolute atomic E-state index is 0.0661. The first-order valence-electron chi connectivity index (χ1n) is 9.50. The number of halogens is 3. The second-order valence-electron chi connectivity index (χ2n) is 7.11. The molecule has 0 atom stereocenters. The number of rotatable bonds is 1. The highest BCUT2D eigenvalue weighted by molar-refractivity contribution is 6.43. The number of nitrogens with zero attached hydrogens (tertiary/aromatic N) is 3. The number of aliphatic imine (C=N–C) groups is 2. The van der Waals surface area contributed by atoms with E-state index in [4.69, 9.17) is 4.74 Å². The summed E-state index contributed by atoms with van der Waals surface area (Å²) in [6.07, 6.45) is -4.60. The number of hydrogen-bond donors (Lipinski definition) is 0. The van der Waals surface area contributed by atoms with Gasteiger partial charge in [0.2, 0.25) is 5.96 Å². The van der Waals surface area contributed by atoms with E-state index in [-0.39, 0.29) is 16.8 Å². The Balaban J connectivity index is 1.75. The Kier molecular flexibility index (Phi) is 4.32. The third-order valence-electron chi connectivity index (χ3n) is 5.33. The van der Waals surface area contributed by atoms with E-state index >= 15 is 0 Å². The maximum atomic E-state index is 13.7. The molecule has 2 aromatic carbocycles. The number of ether oxygens (including phenoxy) is 1. The highest BCUT2D eigenvalue weighted by atomic mass is 19.4. The first kappa shape index (κ1) is 18.7. The normalized spacial score (nSPS) is 18.8. The molecule has 0 radical (unpaired) electrons. The van der Waals surface area contributed by atoms with Crippen LogP contribution in [0.2, 0.25) is 0 Å². The van der Waals surface area contributed by atoms with Crippen molar-refractivity contribution < 1.29 is 22.7 Å². The zero-order valence-corrected chi connectivity index (χ0v) is 15.7. The van der Waals surface area contributed by atoms with E-state index in [1.807, 2.05) is 4.90 Å². The van der Waals surface area contributed by atoms with Crippen molar-refractivity contribution in [2.45, 2.75) is 6.18 Å². The number of guanidine groups is 1. The maximum absolute atomic E-state index is 13.7. The van der Waals surface area contributed by atoms with Crippen molar-refractivity contribution >= 4 is 23.0 Å². The Morgan fingerprint density at radius 1 is 0.867 bits per heavy atom. The second-order valence-corrected chi connectivity index (χ2v) is 7.11. The van der Waals surface area contributed by atoms with E-state index in [0.717, 1.165) is 6.07 Å². The van der Waals surface area contributed by atoms with Crippen LogP contribution >= 0.6 is 0 Å². The van der Waals surface area contributed by atoms with Gasteiger partial charge in [-0.1, -0.05) is 42.5 Å². The summed E-state index contributed by atoms with van der Waals surface area (Å²) in [6, 6.07) is 11.9. The molecule has 0 unspecified atom stereocenters. The molecule has 1 aliphatic carbocycles. The van der Waals surface area contributed by atoms with Gasteiger partial charge in [0.25, 0.3) is 0 Å². The molecular weight excluding hydrogens is 395 g/mol. The van der Waals surface area contributed by atoms with Gasteiger partial charge < -0.3 is 9.64 Å². The van der Waals surface area contributed by atoms with Crippen molar-refractivity contribution in [2.24, 2.45) is 9.98 Å². The molecule has 3 aliphatic rings. The fourth-order valence-electron chi connectivity index (χ4n) is 3.93. The molecular formula is C22H16F3N3O2. The molecule has 0 saturated carbocycles. The molecule has 152 valence electrons. The van der Waals surface area contributed by atoms with Gasteiger partial charge in [0.05, 0.1) is 24.4 Å². The minimum Gasteiger partial charge on any atom is -0.378 e. The number of fused-ring (bicyclic) bond motifs is 3. The van der Waals surface area contributed by atoms with Crippen LogP contribution in [0.4, 0.5) is 13.2 Å². The second kappa shape index (κ2) is 6.91.